The van der Waals surface area contributed by atoms with Crippen LogP contribution >= 0.6 is 0 Å². The van der Waals surface area contributed by atoms with E-state index in [1.54, 1.807) is 7.11 Å². The highest BCUT2D eigenvalue weighted by Gasteiger charge is 2.19. The zero-order valence-corrected chi connectivity index (χ0v) is 16.4. The van der Waals surface area contributed by atoms with E-state index in [1.807, 2.05) is 43.6 Å². The maximum absolute atomic E-state index is 5.60. The molecule has 4 rings (SSSR count). The van der Waals surface area contributed by atoms with Gasteiger partial charge in [0.1, 0.15) is 11.4 Å². The lowest BCUT2D eigenvalue weighted by Gasteiger charge is -2.26. The molecule has 28 heavy (non-hydrogen) atoms. The number of aryl methyl sites for hydroxylation is 2. The van der Waals surface area contributed by atoms with E-state index in [9.17, 15) is 0 Å². The predicted molar refractivity (Wildman–Crippen MR) is 106 cm³/mol. The van der Waals surface area contributed by atoms with Crippen molar-refractivity contribution in [3.05, 3.63) is 42.4 Å². The Bertz CT molecular complexity index is 912. The lowest BCUT2D eigenvalue weighted by molar-refractivity contribution is 0.0369. The lowest BCUT2D eigenvalue weighted by atomic mass is 10.1. The van der Waals surface area contributed by atoms with E-state index in [0.29, 0.717) is 0 Å². The maximum Gasteiger partial charge on any atom is 0.185 e. The fourth-order valence-corrected chi connectivity index (χ4v) is 3.56. The van der Waals surface area contributed by atoms with Gasteiger partial charge in [0.25, 0.3) is 0 Å². The van der Waals surface area contributed by atoms with Crippen molar-refractivity contribution in [3.63, 3.8) is 0 Å². The number of hydrogen-bond donors (Lipinski definition) is 0. The molecule has 1 fully saturated rings. The van der Waals surface area contributed by atoms with Crippen molar-refractivity contribution in [2.75, 3.05) is 40.0 Å². The van der Waals surface area contributed by atoms with Gasteiger partial charge in [0.05, 0.1) is 38.0 Å². The van der Waals surface area contributed by atoms with Gasteiger partial charge >= 0.3 is 0 Å². The van der Waals surface area contributed by atoms with Crippen molar-refractivity contribution in [1.29, 1.82) is 0 Å². The summed E-state index contributed by atoms with van der Waals surface area (Å²) in [6, 6.07) is 9.89. The minimum atomic E-state index is 0.735. The van der Waals surface area contributed by atoms with Crippen LogP contribution in [0, 0.1) is 6.92 Å². The average Bonchev–Trinajstić information content (AvgIpc) is 3.35. The zero-order chi connectivity index (χ0) is 19.3. The quantitative estimate of drug-likeness (QED) is 0.625. The summed E-state index contributed by atoms with van der Waals surface area (Å²) >= 11 is 0. The van der Waals surface area contributed by atoms with Gasteiger partial charge in [0.2, 0.25) is 0 Å². The predicted octanol–water partition coefficient (Wildman–Crippen LogP) is 3.24. The monoisotopic (exact) mass is 382 g/mol. The van der Waals surface area contributed by atoms with Gasteiger partial charge in [-0.1, -0.05) is 17.3 Å². The Labute approximate surface area is 164 Å². The number of imidazole rings is 1. The average molecular weight is 382 g/mol. The number of ether oxygens (including phenoxy) is 2. The summed E-state index contributed by atoms with van der Waals surface area (Å²) in [6.45, 7) is 7.51. The molecule has 7 nitrogen and oxygen atoms in total. The molecule has 1 aliphatic rings. The first-order valence-electron chi connectivity index (χ1n) is 9.68. The van der Waals surface area contributed by atoms with Crippen LogP contribution in [0.4, 0.5) is 0 Å². The van der Waals surface area contributed by atoms with Crippen molar-refractivity contribution in [2.45, 2.75) is 19.9 Å². The minimum Gasteiger partial charge on any atom is -0.497 e. The number of morpholine rings is 1. The summed E-state index contributed by atoms with van der Waals surface area (Å²) in [7, 11) is 1.67. The van der Waals surface area contributed by atoms with Crippen LogP contribution in [0.5, 0.6) is 5.75 Å². The molecule has 0 radical (unpaired) electrons. The number of hydrogen-bond acceptors (Lipinski definition) is 6. The molecule has 3 aromatic rings. The number of rotatable bonds is 7. The molecule has 0 unspecified atom stereocenters. The van der Waals surface area contributed by atoms with Gasteiger partial charge in [-0.2, -0.15) is 0 Å². The second-order valence-electron chi connectivity index (χ2n) is 7.01. The molecular weight excluding hydrogens is 356 g/mol. The molecule has 0 bridgehead atoms. The van der Waals surface area contributed by atoms with Crippen molar-refractivity contribution in [3.8, 4) is 28.5 Å². The largest absolute Gasteiger partial charge is 0.497 e. The molecule has 1 saturated heterocycles. The van der Waals surface area contributed by atoms with Gasteiger partial charge in [-0.3, -0.25) is 4.90 Å². The second kappa shape index (κ2) is 8.58. The highest BCUT2D eigenvalue weighted by atomic mass is 16.5. The van der Waals surface area contributed by atoms with E-state index in [0.717, 1.165) is 80.0 Å². The smallest absolute Gasteiger partial charge is 0.185 e. The summed E-state index contributed by atoms with van der Waals surface area (Å²) in [5.41, 5.74) is 3.68. The first kappa shape index (κ1) is 18.7. The number of benzene rings is 1. The van der Waals surface area contributed by atoms with Crippen LogP contribution < -0.4 is 4.74 Å². The van der Waals surface area contributed by atoms with E-state index in [-0.39, 0.29) is 0 Å². The van der Waals surface area contributed by atoms with Gasteiger partial charge in [0.15, 0.2) is 5.76 Å². The normalized spacial score (nSPS) is 15.1. The molecule has 0 N–H and O–H groups in total. The summed E-state index contributed by atoms with van der Waals surface area (Å²) in [5.74, 6) is 1.54. The fourth-order valence-electron chi connectivity index (χ4n) is 3.56. The summed E-state index contributed by atoms with van der Waals surface area (Å²) in [4.78, 5) is 7.14. The van der Waals surface area contributed by atoms with Crippen LogP contribution in [0.1, 0.15) is 12.1 Å². The molecule has 0 atom stereocenters. The number of aromatic nitrogens is 3. The van der Waals surface area contributed by atoms with Crippen LogP contribution in [0.15, 0.2) is 41.2 Å². The molecule has 0 spiro atoms. The molecule has 3 heterocycles. The van der Waals surface area contributed by atoms with Crippen LogP contribution in [0.2, 0.25) is 0 Å². The Balaban J connectivity index is 1.60. The van der Waals surface area contributed by atoms with Gasteiger partial charge < -0.3 is 18.6 Å². The van der Waals surface area contributed by atoms with Crippen molar-refractivity contribution in [1.82, 2.24) is 19.6 Å². The maximum atomic E-state index is 5.60. The van der Waals surface area contributed by atoms with Gasteiger partial charge in [-0.25, -0.2) is 4.98 Å². The second-order valence-corrected chi connectivity index (χ2v) is 7.01. The summed E-state index contributed by atoms with van der Waals surface area (Å²) < 4.78 is 18.6. The molecule has 7 heteroatoms. The zero-order valence-electron chi connectivity index (χ0n) is 16.4. The molecule has 0 saturated carbocycles. The van der Waals surface area contributed by atoms with Crippen LogP contribution in [-0.4, -0.2) is 59.6 Å². The van der Waals surface area contributed by atoms with E-state index >= 15 is 0 Å². The number of nitrogens with zero attached hydrogens (tertiary/aromatic N) is 4. The lowest BCUT2D eigenvalue weighted by Crippen LogP contribution is -2.37. The molecule has 148 valence electrons. The molecule has 1 aromatic carbocycles. The Morgan fingerprint density at radius 1 is 1.14 bits per heavy atom. The Hall–Kier alpha value is -2.64. The number of methoxy groups -OCH3 is 1. The van der Waals surface area contributed by atoms with Crippen LogP contribution in [-0.2, 0) is 11.3 Å². The Morgan fingerprint density at radius 3 is 2.75 bits per heavy atom. The van der Waals surface area contributed by atoms with Gasteiger partial charge in [-0.15, -0.1) is 0 Å². The highest BCUT2D eigenvalue weighted by molar-refractivity contribution is 5.76. The van der Waals surface area contributed by atoms with Gasteiger partial charge in [0, 0.05) is 37.8 Å². The third kappa shape index (κ3) is 4.10. The van der Waals surface area contributed by atoms with E-state index in [1.165, 1.54) is 0 Å². The van der Waals surface area contributed by atoms with E-state index in [4.69, 9.17) is 19.0 Å². The Kier molecular flexibility index (Phi) is 5.73. The topological polar surface area (TPSA) is 65.5 Å². The SMILES string of the molecule is COc1cccc(-c2ncn(CCCN3CCOCC3)c2-c2cc(C)no2)c1. The van der Waals surface area contributed by atoms with Gasteiger partial charge in [-0.05, 0) is 25.5 Å². The highest BCUT2D eigenvalue weighted by Crippen LogP contribution is 2.33. The van der Waals surface area contributed by atoms with Crippen LogP contribution in [0.25, 0.3) is 22.7 Å². The van der Waals surface area contributed by atoms with E-state index in [2.05, 4.69) is 14.6 Å². The van der Waals surface area contributed by atoms with Crippen molar-refractivity contribution in [2.24, 2.45) is 0 Å². The molecule has 2 aromatic heterocycles. The summed E-state index contributed by atoms with van der Waals surface area (Å²) in [5, 5.41) is 4.07. The minimum absolute atomic E-state index is 0.735. The third-order valence-electron chi connectivity index (χ3n) is 5.02. The van der Waals surface area contributed by atoms with E-state index < -0.39 is 0 Å². The van der Waals surface area contributed by atoms with Crippen LogP contribution in [0.3, 0.4) is 0 Å². The molecule has 0 amide bonds. The Morgan fingerprint density at radius 2 is 2.00 bits per heavy atom. The first-order chi connectivity index (χ1) is 13.7. The summed E-state index contributed by atoms with van der Waals surface area (Å²) in [6.07, 6.45) is 2.93. The fraction of sp³-hybridized carbons (Fsp3) is 0.429. The standard InChI is InChI=1S/C21H26N4O3/c1-16-13-19(28-23-16)21-20(17-5-3-6-18(14-17)26-2)22-15-25(21)8-4-7-24-9-11-27-12-10-24/h3,5-6,13-15H,4,7-12H2,1-2H3. The molecular formula is C21H26N4O3. The molecule has 1 aliphatic heterocycles. The third-order valence-corrected chi connectivity index (χ3v) is 5.02. The first-order valence-corrected chi connectivity index (χ1v) is 9.68. The van der Waals surface area contributed by atoms with Crippen molar-refractivity contribution >= 4 is 0 Å². The van der Waals surface area contributed by atoms with Crippen molar-refractivity contribution < 1.29 is 14.0 Å². The molecule has 0 aliphatic carbocycles.